The summed E-state index contributed by atoms with van der Waals surface area (Å²) < 4.78 is 29.3. The number of hydrogen-bond donors (Lipinski definition) is 2. The Labute approximate surface area is 157 Å². The molecule has 0 aliphatic rings. The normalized spacial score (nSPS) is 16.4. The van der Waals surface area contributed by atoms with Gasteiger partial charge in [0.15, 0.2) is 0 Å². The molecule has 0 aliphatic heterocycles. The van der Waals surface area contributed by atoms with Crippen molar-refractivity contribution in [3.05, 3.63) is 34.1 Å². The van der Waals surface area contributed by atoms with Crippen LogP contribution in [0.3, 0.4) is 0 Å². The molecule has 2 N–H and O–H groups in total. The maximum atomic E-state index is 14.4. The third-order valence-electron chi connectivity index (χ3n) is 3.87. The topological polar surface area (TPSA) is 72.4 Å². The maximum absolute atomic E-state index is 14.4. The molecule has 4 nitrogen and oxygen atoms in total. The van der Waals surface area contributed by atoms with E-state index in [2.05, 4.69) is 4.72 Å². The number of carboxylic acids is 1. The lowest BCUT2D eigenvalue weighted by Crippen LogP contribution is -2.51. The molecule has 0 aliphatic carbocycles. The van der Waals surface area contributed by atoms with Gasteiger partial charge in [-0.1, -0.05) is 38.4 Å². The minimum atomic E-state index is -1.56. The number of benzene rings is 1. The molecule has 0 saturated heterocycles. The molecule has 0 saturated carbocycles. The Bertz CT molecular complexity index is 655. The van der Waals surface area contributed by atoms with Gasteiger partial charge in [-0.2, -0.15) is 0 Å². The van der Waals surface area contributed by atoms with E-state index in [1.165, 1.54) is 6.07 Å². The van der Waals surface area contributed by atoms with Crippen LogP contribution in [0.1, 0.15) is 66.0 Å². The van der Waals surface area contributed by atoms with Crippen molar-refractivity contribution in [3.8, 4) is 0 Å². The second-order valence-electron chi connectivity index (χ2n) is 8.46. The number of halogens is 2. The van der Waals surface area contributed by atoms with Crippen LogP contribution in [0.25, 0.3) is 0 Å². The largest absolute Gasteiger partial charge is 0.598 e. The van der Waals surface area contributed by atoms with Crippen molar-refractivity contribution in [2.45, 2.75) is 70.6 Å². The molecule has 25 heavy (non-hydrogen) atoms. The zero-order chi connectivity index (χ0) is 19.8. The Morgan fingerprint density at radius 1 is 1.24 bits per heavy atom. The van der Waals surface area contributed by atoms with Crippen LogP contribution in [-0.2, 0) is 27.1 Å². The van der Waals surface area contributed by atoms with Crippen molar-refractivity contribution in [2.75, 3.05) is 0 Å². The fourth-order valence-electron chi connectivity index (χ4n) is 2.27. The zero-order valence-corrected chi connectivity index (χ0v) is 17.4. The molecule has 0 radical (unpaired) electrons. The second kappa shape index (κ2) is 7.43. The second-order valence-corrected chi connectivity index (χ2v) is 10.8. The fourth-order valence-corrected chi connectivity index (χ4v) is 3.49. The highest BCUT2D eigenvalue weighted by Crippen LogP contribution is 2.38. The fraction of sp³-hybridized carbons (Fsp3) is 0.611. The Hall–Kier alpha value is -0.820. The van der Waals surface area contributed by atoms with Gasteiger partial charge >= 0.3 is 5.97 Å². The van der Waals surface area contributed by atoms with Crippen LogP contribution >= 0.6 is 11.6 Å². The Kier molecular flexibility index (Phi) is 6.60. The molecule has 7 heteroatoms. The van der Waals surface area contributed by atoms with E-state index in [9.17, 15) is 18.8 Å². The molecular weight excluding hydrogens is 365 g/mol. The van der Waals surface area contributed by atoms with Crippen molar-refractivity contribution in [2.24, 2.45) is 0 Å². The van der Waals surface area contributed by atoms with Gasteiger partial charge in [-0.25, -0.2) is 4.39 Å². The van der Waals surface area contributed by atoms with Gasteiger partial charge in [-0.05, 0) is 50.3 Å². The monoisotopic (exact) mass is 391 g/mol. The summed E-state index contributed by atoms with van der Waals surface area (Å²) in [5, 5.41) is 9.18. The van der Waals surface area contributed by atoms with Crippen LogP contribution < -0.4 is 4.72 Å². The lowest BCUT2D eigenvalue weighted by molar-refractivity contribution is -0.138. The van der Waals surface area contributed by atoms with Crippen LogP contribution in [0.5, 0.6) is 0 Å². The highest BCUT2D eigenvalue weighted by Gasteiger charge is 2.41. The molecule has 142 valence electrons. The van der Waals surface area contributed by atoms with Crippen molar-refractivity contribution in [3.63, 3.8) is 0 Å². The standard InChI is InChI=1S/C18H27ClFNO3S/c1-16(2,3)11-8-12(15(19)13(20)9-11)18(7,10-14(22)23)21-25(24)17(4,5)6/h8-9,21H,10H2,1-7H3,(H,22,23). The van der Waals surface area contributed by atoms with Gasteiger partial charge in [0, 0.05) is 11.4 Å². The summed E-state index contributed by atoms with van der Waals surface area (Å²) in [6, 6.07) is 3.05. The van der Waals surface area contributed by atoms with E-state index >= 15 is 0 Å². The smallest absolute Gasteiger partial charge is 0.305 e. The molecule has 1 aromatic carbocycles. The van der Waals surface area contributed by atoms with Crippen LogP contribution in [-0.4, -0.2) is 20.4 Å². The first-order valence-electron chi connectivity index (χ1n) is 7.99. The molecule has 2 atom stereocenters. The van der Waals surface area contributed by atoms with Crippen molar-refractivity contribution in [1.82, 2.24) is 4.72 Å². The molecule has 0 aromatic heterocycles. The van der Waals surface area contributed by atoms with Gasteiger partial charge in [0.25, 0.3) is 0 Å². The predicted molar refractivity (Wildman–Crippen MR) is 101 cm³/mol. The number of hydrogen-bond acceptors (Lipinski definition) is 3. The highest BCUT2D eigenvalue weighted by molar-refractivity contribution is 7.90. The van der Waals surface area contributed by atoms with Gasteiger partial charge in [-0.15, -0.1) is 4.72 Å². The van der Waals surface area contributed by atoms with E-state index < -0.39 is 33.4 Å². The summed E-state index contributed by atoms with van der Waals surface area (Å²) in [7, 11) is 0. The van der Waals surface area contributed by atoms with Crippen molar-refractivity contribution >= 4 is 28.9 Å². The Morgan fingerprint density at radius 3 is 2.16 bits per heavy atom. The highest BCUT2D eigenvalue weighted by atomic mass is 35.5. The van der Waals surface area contributed by atoms with Crippen molar-refractivity contribution < 1.29 is 18.8 Å². The summed E-state index contributed by atoms with van der Waals surface area (Å²) in [5.41, 5.74) is -0.667. The molecule has 0 heterocycles. The van der Waals surface area contributed by atoms with Crippen LogP contribution in [0.15, 0.2) is 12.1 Å². The summed E-state index contributed by atoms with van der Waals surface area (Å²) in [6.07, 6.45) is -0.387. The number of rotatable bonds is 5. The third-order valence-corrected chi connectivity index (χ3v) is 6.00. The van der Waals surface area contributed by atoms with E-state index in [0.29, 0.717) is 11.1 Å². The lowest BCUT2D eigenvalue weighted by atomic mass is 9.82. The average molecular weight is 392 g/mol. The number of aliphatic carboxylic acids is 1. The predicted octanol–water partition coefficient (Wildman–Crippen LogP) is 4.52. The van der Waals surface area contributed by atoms with Gasteiger partial charge in [0.1, 0.15) is 10.6 Å². The van der Waals surface area contributed by atoms with Crippen LogP contribution in [0.2, 0.25) is 5.02 Å². The summed E-state index contributed by atoms with van der Waals surface area (Å²) in [4.78, 5) is 11.4. The molecule has 0 spiro atoms. The number of nitrogens with one attached hydrogen (secondary N) is 1. The molecule has 0 amide bonds. The first-order valence-corrected chi connectivity index (χ1v) is 9.52. The van der Waals surface area contributed by atoms with E-state index in [-0.39, 0.29) is 16.9 Å². The van der Waals surface area contributed by atoms with Crippen LogP contribution in [0.4, 0.5) is 4.39 Å². The molecule has 0 bridgehead atoms. The minimum absolute atomic E-state index is 0.157. The Balaban J connectivity index is 3.55. The summed E-state index contributed by atoms with van der Waals surface area (Å²) >= 11 is 4.61. The molecule has 2 unspecified atom stereocenters. The Morgan fingerprint density at radius 2 is 1.76 bits per heavy atom. The van der Waals surface area contributed by atoms with E-state index in [4.69, 9.17) is 11.6 Å². The third kappa shape index (κ3) is 5.58. The van der Waals surface area contributed by atoms with Gasteiger partial charge in [0.2, 0.25) is 0 Å². The van der Waals surface area contributed by atoms with Gasteiger partial charge in [0.05, 0.1) is 17.0 Å². The first kappa shape index (κ1) is 22.2. The molecular formula is C18H27ClFNO3S. The molecule has 1 rings (SSSR count). The van der Waals surface area contributed by atoms with E-state index in [1.54, 1.807) is 33.8 Å². The SMILES string of the molecule is CC(C)(C)c1cc(F)c(Cl)c(C(C)(CC(=O)O)N[S+]([O-])C(C)(C)C)c1. The van der Waals surface area contributed by atoms with Gasteiger partial charge < -0.3 is 9.66 Å². The summed E-state index contributed by atoms with van der Waals surface area (Å²) in [5.74, 6) is -1.72. The number of carbonyl (C=O) groups is 1. The minimum Gasteiger partial charge on any atom is -0.598 e. The molecule has 1 aromatic rings. The van der Waals surface area contributed by atoms with E-state index in [1.807, 2.05) is 20.8 Å². The lowest BCUT2D eigenvalue weighted by Gasteiger charge is -2.35. The van der Waals surface area contributed by atoms with E-state index in [0.717, 1.165) is 0 Å². The summed E-state index contributed by atoms with van der Waals surface area (Å²) in [6.45, 7) is 12.7. The zero-order valence-electron chi connectivity index (χ0n) is 15.8. The average Bonchev–Trinajstić information content (AvgIpc) is 2.37. The van der Waals surface area contributed by atoms with Gasteiger partial charge in [-0.3, -0.25) is 4.79 Å². The number of carboxylic acid groups (broad SMARTS) is 1. The van der Waals surface area contributed by atoms with Crippen molar-refractivity contribution in [1.29, 1.82) is 0 Å². The molecule has 0 fully saturated rings. The maximum Gasteiger partial charge on any atom is 0.305 e. The first-order chi connectivity index (χ1) is 11.1. The quantitative estimate of drug-likeness (QED) is 0.724. The van der Waals surface area contributed by atoms with Crippen LogP contribution in [0, 0.1) is 5.82 Å².